The second-order valence-electron chi connectivity index (χ2n) is 6.64. The van der Waals surface area contributed by atoms with Crippen LogP contribution in [0.2, 0.25) is 0 Å². The van der Waals surface area contributed by atoms with Crippen LogP contribution >= 0.6 is 0 Å². The third kappa shape index (κ3) is 5.89. The summed E-state index contributed by atoms with van der Waals surface area (Å²) in [6.07, 6.45) is -0.699. The quantitative estimate of drug-likeness (QED) is 0.576. The van der Waals surface area contributed by atoms with E-state index >= 15 is 0 Å². The third-order valence-corrected chi connectivity index (χ3v) is 3.84. The van der Waals surface area contributed by atoms with Crippen molar-refractivity contribution in [3.8, 4) is 0 Å². The number of ketones is 1. The van der Waals surface area contributed by atoms with Gasteiger partial charge in [0, 0.05) is 0 Å². The van der Waals surface area contributed by atoms with E-state index in [1.165, 1.54) is 13.8 Å². The average Bonchev–Trinajstić information content (AvgIpc) is 2.58. The molecule has 0 aliphatic rings. The number of carbonyl (C=O) groups excluding carboxylic acids is 3. The number of benzene rings is 1. The second kappa shape index (κ2) is 9.20. The summed E-state index contributed by atoms with van der Waals surface area (Å²) in [5.41, 5.74) is -0.505. The Morgan fingerprint density at radius 2 is 1.68 bits per heavy atom. The number of Topliss-reactive ketones (excluding diaryl/α,β-unsaturated/α-hetero) is 1. The zero-order chi connectivity index (χ0) is 19.0. The first-order valence-corrected chi connectivity index (χ1v) is 8.38. The fourth-order valence-electron chi connectivity index (χ4n) is 2.23. The van der Waals surface area contributed by atoms with Gasteiger partial charge in [-0.3, -0.25) is 9.59 Å². The van der Waals surface area contributed by atoms with Gasteiger partial charge in [0.1, 0.15) is 12.0 Å². The molecule has 0 saturated carbocycles. The minimum absolute atomic E-state index is 0.104. The van der Waals surface area contributed by atoms with E-state index in [0.29, 0.717) is 0 Å². The molecule has 6 nitrogen and oxygen atoms in total. The Hall–Kier alpha value is -2.37. The van der Waals surface area contributed by atoms with Crippen molar-refractivity contribution < 1.29 is 23.9 Å². The number of hydrogen-bond donors (Lipinski definition) is 1. The molecule has 0 fully saturated rings. The highest BCUT2D eigenvalue weighted by Crippen LogP contribution is 2.23. The molecule has 1 amide bonds. The van der Waals surface area contributed by atoms with Crippen LogP contribution in [-0.2, 0) is 25.7 Å². The van der Waals surface area contributed by atoms with Gasteiger partial charge in [-0.15, -0.1) is 0 Å². The van der Waals surface area contributed by atoms with Crippen molar-refractivity contribution in [2.45, 2.75) is 47.3 Å². The van der Waals surface area contributed by atoms with Crippen molar-refractivity contribution in [2.24, 2.45) is 11.3 Å². The Kier molecular flexibility index (Phi) is 7.61. The molecule has 6 heteroatoms. The van der Waals surface area contributed by atoms with Crippen molar-refractivity contribution in [2.75, 3.05) is 6.61 Å². The van der Waals surface area contributed by atoms with Crippen LogP contribution in [0.1, 0.15) is 40.2 Å². The molecule has 0 saturated heterocycles. The highest BCUT2D eigenvalue weighted by atomic mass is 16.5. The number of amides is 1. The maximum absolute atomic E-state index is 12.8. The van der Waals surface area contributed by atoms with Gasteiger partial charge in [0.2, 0.25) is 0 Å². The summed E-state index contributed by atoms with van der Waals surface area (Å²) in [7, 11) is 0. The number of hydrogen-bond acceptors (Lipinski definition) is 5. The molecule has 0 aliphatic heterocycles. The molecule has 0 bridgehead atoms. The van der Waals surface area contributed by atoms with Gasteiger partial charge in [-0.25, -0.2) is 4.79 Å². The van der Waals surface area contributed by atoms with E-state index in [-0.39, 0.29) is 19.1 Å². The van der Waals surface area contributed by atoms with Gasteiger partial charge >= 0.3 is 12.1 Å². The summed E-state index contributed by atoms with van der Waals surface area (Å²) in [6, 6.07) is 8.39. The van der Waals surface area contributed by atoms with E-state index in [4.69, 9.17) is 9.47 Å². The molecular formula is C19H27NO5. The zero-order valence-corrected chi connectivity index (χ0v) is 15.5. The molecule has 1 atom stereocenters. The van der Waals surface area contributed by atoms with Crippen molar-refractivity contribution >= 4 is 17.8 Å². The molecule has 0 heterocycles. The second-order valence-corrected chi connectivity index (χ2v) is 6.64. The Morgan fingerprint density at radius 1 is 1.08 bits per heavy atom. The minimum atomic E-state index is -1.35. The van der Waals surface area contributed by atoms with Gasteiger partial charge in [0.25, 0.3) is 0 Å². The number of rotatable bonds is 8. The van der Waals surface area contributed by atoms with E-state index in [0.717, 1.165) is 5.56 Å². The lowest BCUT2D eigenvalue weighted by Gasteiger charge is -2.29. The van der Waals surface area contributed by atoms with Crippen LogP contribution in [0.5, 0.6) is 0 Å². The fraction of sp³-hybridized carbons (Fsp3) is 0.526. The van der Waals surface area contributed by atoms with Crippen molar-refractivity contribution in [3.05, 3.63) is 35.9 Å². The van der Waals surface area contributed by atoms with Crippen LogP contribution in [0, 0.1) is 11.3 Å². The van der Waals surface area contributed by atoms with Crippen LogP contribution in [0.15, 0.2) is 30.3 Å². The van der Waals surface area contributed by atoms with Crippen LogP contribution in [0.4, 0.5) is 4.79 Å². The lowest BCUT2D eigenvalue weighted by molar-refractivity contribution is -0.158. The van der Waals surface area contributed by atoms with Gasteiger partial charge in [-0.2, -0.15) is 0 Å². The highest BCUT2D eigenvalue weighted by molar-refractivity contribution is 6.06. The summed E-state index contributed by atoms with van der Waals surface area (Å²) in [6.45, 7) is 8.56. The predicted molar refractivity (Wildman–Crippen MR) is 93.8 cm³/mol. The molecule has 25 heavy (non-hydrogen) atoms. The van der Waals surface area contributed by atoms with Crippen LogP contribution in [0.25, 0.3) is 0 Å². The van der Waals surface area contributed by atoms with Crippen LogP contribution in [0.3, 0.4) is 0 Å². The van der Waals surface area contributed by atoms with Crippen LogP contribution < -0.4 is 5.32 Å². The SMILES string of the molecule is CCOC(=O)C(C)(C)C(=O)C(NC(=O)OCc1ccccc1)C(C)C. The van der Waals surface area contributed by atoms with Crippen molar-refractivity contribution in [3.63, 3.8) is 0 Å². The summed E-state index contributed by atoms with van der Waals surface area (Å²) in [4.78, 5) is 36.9. The summed E-state index contributed by atoms with van der Waals surface area (Å²) in [5.74, 6) is -1.21. The highest BCUT2D eigenvalue weighted by Gasteiger charge is 2.43. The summed E-state index contributed by atoms with van der Waals surface area (Å²) >= 11 is 0. The Balaban J connectivity index is 2.74. The first kappa shape index (κ1) is 20.7. The monoisotopic (exact) mass is 349 g/mol. The third-order valence-electron chi connectivity index (χ3n) is 3.84. The smallest absolute Gasteiger partial charge is 0.408 e. The fourth-order valence-corrected chi connectivity index (χ4v) is 2.23. The molecule has 1 N–H and O–H groups in total. The first-order valence-electron chi connectivity index (χ1n) is 8.38. The molecule has 1 aromatic rings. The summed E-state index contributed by atoms with van der Waals surface area (Å²) < 4.78 is 10.1. The van der Waals surface area contributed by atoms with Gasteiger partial charge in [0.05, 0.1) is 12.6 Å². The molecule has 138 valence electrons. The van der Waals surface area contributed by atoms with Crippen LogP contribution in [-0.4, -0.2) is 30.5 Å². The lowest BCUT2D eigenvalue weighted by atomic mass is 9.81. The predicted octanol–water partition coefficient (Wildman–Crippen LogP) is 3.10. The molecule has 1 aromatic carbocycles. The van der Waals surface area contributed by atoms with Gasteiger partial charge in [-0.05, 0) is 32.3 Å². The molecule has 0 aromatic heterocycles. The van der Waals surface area contributed by atoms with Gasteiger partial charge in [-0.1, -0.05) is 44.2 Å². The Labute approximate surface area is 148 Å². The van der Waals surface area contributed by atoms with E-state index in [2.05, 4.69) is 5.32 Å². The van der Waals surface area contributed by atoms with Gasteiger partial charge in [0.15, 0.2) is 5.78 Å². The minimum Gasteiger partial charge on any atom is -0.465 e. The average molecular weight is 349 g/mol. The maximum atomic E-state index is 12.8. The number of carbonyl (C=O) groups is 3. The molecular weight excluding hydrogens is 322 g/mol. The number of esters is 1. The normalized spacial score (nSPS) is 12.4. The van der Waals surface area contributed by atoms with E-state index in [1.807, 2.05) is 30.3 Å². The molecule has 1 rings (SSSR count). The molecule has 0 spiro atoms. The number of alkyl carbamates (subject to hydrolysis) is 1. The van der Waals surface area contributed by atoms with E-state index < -0.39 is 29.3 Å². The summed E-state index contributed by atoms with van der Waals surface area (Å²) in [5, 5.41) is 2.57. The largest absolute Gasteiger partial charge is 0.465 e. The topological polar surface area (TPSA) is 81.7 Å². The zero-order valence-electron chi connectivity index (χ0n) is 15.5. The molecule has 1 unspecified atom stereocenters. The maximum Gasteiger partial charge on any atom is 0.408 e. The van der Waals surface area contributed by atoms with E-state index in [1.54, 1.807) is 20.8 Å². The van der Waals surface area contributed by atoms with Crippen molar-refractivity contribution in [1.82, 2.24) is 5.32 Å². The van der Waals surface area contributed by atoms with Gasteiger partial charge < -0.3 is 14.8 Å². The number of nitrogens with one attached hydrogen (secondary N) is 1. The first-order chi connectivity index (χ1) is 11.7. The van der Waals surface area contributed by atoms with Crippen molar-refractivity contribution in [1.29, 1.82) is 0 Å². The number of ether oxygens (including phenoxy) is 2. The molecule has 0 aliphatic carbocycles. The Bertz CT molecular complexity index is 595. The Morgan fingerprint density at radius 3 is 2.20 bits per heavy atom. The molecule has 0 radical (unpaired) electrons. The van der Waals surface area contributed by atoms with E-state index in [9.17, 15) is 14.4 Å². The lowest BCUT2D eigenvalue weighted by Crippen LogP contribution is -2.52. The standard InChI is InChI=1S/C19H27NO5/c1-6-24-17(22)19(4,5)16(21)15(13(2)3)20-18(23)25-12-14-10-8-7-9-11-14/h7-11,13,15H,6,12H2,1-5H3,(H,20,23).